The number of amides is 1. The van der Waals surface area contributed by atoms with Crippen LogP contribution in [0.4, 0.5) is 0 Å². The fourth-order valence-corrected chi connectivity index (χ4v) is 3.68. The molecule has 0 spiro atoms. The average molecular weight is 299 g/mol. The molecule has 2 aliphatic rings. The second kappa shape index (κ2) is 6.05. The number of nitriles is 1. The van der Waals surface area contributed by atoms with E-state index in [1.54, 1.807) is 7.11 Å². The number of rotatable bonds is 3. The molecule has 2 heterocycles. The Morgan fingerprint density at radius 3 is 2.91 bits per heavy atom. The van der Waals surface area contributed by atoms with Crippen molar-refractivity contribution in [3.05, 3.63) is 29.1 Å². The molecule has 1 aromatic rings. The number of carbonyl (C=O) groups excluding carboxylic acids is 1. The number of fused-ring (bicyclic) bond motifs is 1. The first-order valence-corrected chi connectivity index (χ1v) is 7.84. The van der Waals surface area contributed by atoms with Crippen LogP contribution < -0.4 is 0 Å². The molecule has 1 saturated carbocycles. The normalized spacial score (nSPS) is 19.5. The van der Waals surface area contributed by atoms with Gasteiger partial charge in [0.1, 0.15) is 5.41 Å². The minimum absolute atomic E-state index is 0.00953. The molecule has 5 nitrogen and oxygen atoms in total. The molecular weight excluding hydrogens is 278 g/mol. The van der Waals surface area contributed by atoms with Gasteiger partial charge in [-0.2, -0.15) is 5.26 Å². The molecule has 0 atom stereocenters. The summed E-state index contributed by atoms with van der Waals surface area (Å²) >= 11 is 0. The molecule has 0 N–H and O–H groups in total. The van der Waals surface area contributed by atoms with Gasteiger partial charge in [-0.25, -0.2) is 0 Å². The average Bonchev–Trinajstić information content (AvgIpc) is 3.04. The van der Waals surface area contributed by atoms with Gasteiger partial charge < -0.3 is 9.64 Å². The summed E-state index contributed by atoms with van der Waals surface area (Å²) in [6.07, 6.45) is 7.84. The monoisotopic (exact) mass is 299 g/mol. The molecular formula is C17H21N3O2. The van der Waals surface area contributed by atoms with Gasteiger partial charge in [0.25, 0.3) is 0 Å². The van der Waals surface area contributed by atoms with E-state index < -0.39 is 5.41 Å². The van der Waals surface area contributed by atoms with Crippen LogP contribution in [0.2, 0.25) is 0 Å². The van der Waals surface area contributed by atoms with E-state index in [4.69, 9.17) is 4.74 Å². The Morgan fingerprint density at radius 1 is 1.45 bits per heavy atom. The highest BCUT2D eigenvalue weighted by molar-refractivity contribution is 5.86. The minimum Gasteiger partial charge on any atom is -0.380 e. The van der Waals surface area contributed by atoms with E-state index in [2.05, 4.69) is 11.1 Å². The molecule has 0 saturated heterocycles. The highest BCUT2D eigenvalue weighted by Gasteiger charge is 2.44. The summed E-state index contributed by atoms with van der Waals surface area (Å²) in [5.74, 6) is 0.00953. The zero-order valence-corrected chi connectivity index (χ0v) is 13.0. The van der Waals surface area contributed by atoms with Crippen LogP contribution in [-0.2, 0) is 29.1 Å². The molecule has 1 fully saturated rings. The van der Waals surface area contributed by atoms with Crippen LogP contribution in [0.5, 0.6) is 0 Å². The van der Waals surface area contributed by atoms with Crippen molar-refractivity contribution < 1.29 is 9.53 Å². The number of nitrogens with zero attached hydrogens (tertiary/aromatic N) is 3. The Balaban J connectivity index is 1.81. The van der Waals surface area contributed by atoms with Crippen LogP contribution in [-0.4, -0.2) is 29.4 Å². The van der Waals surface area contributed by atoms with E-state index in [0.717, 1.165) is 30.4 Å². The van der Waals surface area contributed by atoms with Crippen LogP contribution in [0, 0.1) is 16.7 Å². The molecule has 1 aliphatic carbocycles. The van der Waals surface area contributed by atoms with Crippen molar-refractivity contribution in [1.29, 1.82) is 5.26 Å². The summed E-state index contributed by atoms with van der Waals surface area (Å²) in [6, 6.07) is 2.30. The SMILES string of the molecule is COCc1cncc2c1CCN(C(=O)C1(C#N)CCCC1)C2. The summed E-state index contributed by atoms with van der Waals surface area (Å²) in [5.41, 5.74) is 2.65. The summed E-state index contributed by atoms with van der Waals surface area (Å²) < 4.78 is 5.22. The maximum absolute atomic E-state index is 12.8. The highest BCUT2D eigenvalue weighted by Crippen LogP contribution is 2.40. The van der Waals surface area contributed by atoms with Crippen LogP contribution in [0.15, 0.2) is 12.4 Å². The minimum atomic E-state index is -0.783. The molecule has 0 bridgehead atoms. The van der Waals surface area contributed by atoms with Crippen molar-refractivity contribution in [1.82, 2.24) is 9.88 Å². The van der Waals surface area contributed by atoms with Gasteiger partial charge in [-0.3, -0.25) is 9.78 Å². The lowest BCUT2D eigenvalue weighted by atomic mass is 9.85. The Morgan fingerprint density at radius 2 is 2.23 bits per heavy atom. The number of ether oxygens (including phenoxy) is 1. The maximum atomic E-state index is 12.8. The number of carbonyl (C=O) groups is 1. The Bertz CT molecular complexity index is 615. The molecule has 5 heteroatoms. The zero-order chi connectivity index (χ0) is 15.6. The number of hydrogen-bond donors (Lipinski definition) is 0. The molecule has 0 unspecified atom stereocenters. The van der Waals surface area contributed by atoms with Crippen LogP contribution in [0.1, 0.15) is 42.4 Å². The Labute approximate surface area is 130 Å². The zero-order valence-electron chi connectivity index (χ0n) is 13.0. The summed E-state index contributed by atoms with van der Waals surface area (Å²) in [6.45, 7) is 1.78. The van der Waals surface area contributed by atoms with Crippen molar-refractivity contribution in [2.24, 2.45) is 5.41 Å². The lowest BCUT2D eigenvalue weighted by Crippen LogP contribution is -2.44. The summed E-state index contributed by atoms with van der Waals surface area (Å²) in [5, 5.41) is 9.50. The quantitative estimate of drug-likeness (QED) is 0.858. The maximum Gasteiger partial charge on any atom is 0.243 e. The molecule has 1 aliphatic heterocycles. The van der Waals surface area contributed by atoms with Gasteiger partial charge in [0.05, 0.1) is 12.7 Å². The smallest absolute Gasteiger partial charge is 0.243 e. The Hall–Kier alpha value is -1.93. The van der Waals surface area contributed by atoms with Gasteiger partial charge in [-0.15, -0.1) is 0 Å². The van der Waals surface area contributed by atoms with E-state index >= 15 is 0 Å². The molecule has 3 rings (SSSR count). The predicted octanol–water partition coefficient (Wildman–Crippen LogP) is 2.20. The molecule has 22 heavy (non-hydrogen) atoms. The van der Waals surface area contributed by atoms with E-state index in [9.17, 15) is 10.1 Å². The van der Waals surface area contributed by atoms with Crippen LogP contribution in [0.25, 0.3) is 0 Å². The third-order valence-electron chi connectivity index (χ3n) is 4.90. The first kappa shape index (κ1) is 15.0. The van der Waals surface area contributed by atoms with Gasteiger partial charge in [-0.05, 0) is 36.0 Å². The van der Waals surface area contributed by atoms with Crippen LogP contribution >= 0.6 is 0 Å². The lowest BCUT2D eigenvalue weighted by molar-refractivity contribution is -0.139. The van der Waals surface area contributed by atoms with Crippen molar-refractivity contribution in [2.75, 3.05) is 13.7 Å². The predicted molar refractivity (Wildman–Crippen MR) is 80.6 cm³/mol. The standard InChI is InChI=1S/C17H21N3O2/c1-22-11-14-9-19-8-13-10-20(7-4-15(13)14)16(21)17(12-18)5-2-3-6-17/h8-9H,2-7,10-11H2,1H3. The molecule has 0 radical (unpaired) electrons. The molecule has 1 aromatic heterocycles. The van der Waals surface area contributed by atoms with Gasteiger partial charge in [0.15, 0.2) is 0 Å². The van der Waals surface area contributed by atoms with Gasteiger partial charge in [0, 0.05) is 32.6 Å². The second-order valence-corrected chi connectivity index (χ2v) is 6.25. The lowest BCUT2D eigenvalue weighted by Gasteiger charge is -2.34. The van der Waals surface area contributed by atoms with Gasteiger partial charge in [-0.1, -0.05) is 12.8 Å². The topological polar surface area (TPSA) is 66.2 Å². The van der Waals surface area contributed by atoms with Crippen molar-refractivity contribution in [2.45, 2.75) is 45.3 Å². The fraction of sp³-hybridized carbons (Fsp3) is 0.588. The third-order valence-corrected chi connectivity index (χ3v) is 4.90. The first-order chi connectivity index (χ1) is 10.7. The van der Waals surface area contributed by atoms with E-state index in [-0.39, 0.29) is 5.91 Å². The Kier molecular flexibility index (Phi) is 4.12. The number of aromatic nitrogens is 1. The number of methoxy groups -OCH3 is 1. The number of pyridine rings is 1. The van der Waals surface area contributed by atoms with E-state index in [0.29, 0.717) is 32.5 Å². The first-order valence-electron chi connectivity index (χ1n) is 7.84. The fourth-order valence-electron chi connectivity index (χ4n) is 3.68. The van der Waals surface area contributed by atoms with Gasteiger partial charge >= 0.3 is 0 Å². The van der Waals surface area contributed by atoms with E-state index in [1.807, 2.05) is 17.3 Å². The molecule has 1 amide bonds. The molecule has 116 valence electrons. The van der Waals surface area contributed by atoms with Crippen molar-refractivity contribution in [3.63, 3.8) is 0 Å². The van der Waals surface area contributed by atoms with Gasteiger partial charge in [0.2, 0.25) is 5.91 Å². The number of hydrogen-bond acceptors (Lipinski definition) is 4. The van der Waals surface area contributed by atoms with Crippen molar-refractivity contribution >= 4 is 5.91 Å². The highest BCUT2D eigenvalue weighted by atomic mass is 16.5. The van der Waals surface area contributed by atoms with Crippen molar-refractivity contribution in [3.8, 4) is 6.07 Å². The summed E-state index contributed by atoms with van der Waals surface area (Å²) in [4.78, 5) is 18.9. The van der Waals surface area contributed by atoms with Crippen LogP contribution in [0.3, 0.4) is 0 Å². The van der Waals surface area contributed by atoms with E-state index in [1.165, 1.54) is 5.56 Å². The third kappa shape index (κ3) is 2.48. The molecule has 0 aromatic carbocycles. The summed E-state index contributed by atoms with van der Waals surface area (Å²) in [7, 11) is 1.68. The largest absolute Gasteiger partial charge is 0.380 e. The second-order valence-electron chi connectivity index (χ2n) is 6.25.